The zero-order valence-corrected chi connectivity index (χ0v) is 11.9. The average molecular weight is 351 g/mol. The number of carbonyl (C=O) groups is 2. The van der Waals surface area contributed by atoms with Crippen molar-refractivity contribution >= 4 is 33.6 Å². The SMILES string of the molecule is CC1CN(c2cc(C(F)(F)F)ccc2Br)C(=O)NC1=O. The van der Waals surface area contributed by atoms with Crippen LogP contribution in [0.4, 0.5) is 23.7 Å². The molecule has 20 heavy (non-hydrogen) atoms. The summed E-state index contributed by atoms with van der Waals surface area (Å²) in [6, 6.07) is 2.30. The minimum absolute atomic E-state index is 0.0323. The largest absolute Gasteiger partial charge is 0.416 e. The van der Waals surface area contributed by atoms with Gasteiger partial charge in [0, 0.05) is 11.0 Å². The normalized spacial score (nSPS) is 20.1. The van der Waals surface area contributed by atoms with E-state index < -0.39 is 29.6 Å². The van der Waals surface area contributed by atoms with Gasteiger partial charge in [0.1, 0.15) is 0 Å². The maximum absolute atomic E-state index is 12.7. The molecule has 1 fully saturated rings. The molecule has 1 atom stereocenters. The van der Waals surface area contributed by atoms with Crippen LogP contribution in [0.5, 0.6) is 0 Å². The summed E-state index contributed by atoms with van der Waals surface area (Å²) in [4.78, 5) is 24.2. The molecule has 0 spiro atoms. The third kappa shape index (κ3) is 2.79. The van der Waals surface area contributed by atoms with Gasteiger partial charge >= 0.3 is 12.2 Å². The first-order valence-electron chi connectivity index (χ1n) is 5.69. The summed E-state index contributed by atoms with van der Waals surface area (Å²) < 4.78 is 38.5. The Balaban J connectivity index is 2.41. The lowest BCUT2D eigenvalue weighted by Crippen LogP contribution is -2.54. The fraction of sp³-hybridized carbons (Fsp3) is 0.333. The van der Waals surface area contributed by atoms with E-state index >= 15 is 0 Å². The third-order valence-corrected chi connectivity index (χ3v) is 3.61. The molecule has 8 heteroatoms. The summed E-state index contributed by atoms with van der Waals surface area (Å²) in [7, 11) is 0. The number of anilines is 1. The number of rotatable bonds is 1. The van der Waals surface area contributed by atoms with Crippen LogP contribution in [-0.2, 0) is 11.0 Å². The van der Waals surface area contributed by atoms with E-state index in [0.29, 0.717) is 4.47 Å². The minimum atomic E-state index is -4.50. The van der Waals surface area contributed by atoms with E-state index in [4.69, 9.17) is 0 Å². The Hall–Kier alpha value is -1.57. The van der Waals surface area contributed by atoms with Crippen LogP contribution >= 0.6 is 15.9 Å². The molecule has 1 aromatic carbocycles. The van der Waals surface area contributed by atoms with Crippen molar-refractivity contribution in [2.75, 3.05) is 11.4 Å². The van der Waals surface area contributed by atoms with Crippen molar-refractivity contribution in [3.63, 3.8) is 0 Å². The smallest absolute Gasteiger partial charge is 0.292 e. The molecule has 1 aliphatic heterocycles. The second-order valence-corrected chi connectivity index (χ2v) is 5.32. The highest BCUT2D eigenvalue weighted by Crippen LogP contribution is 2.36. The topological polar surface area (TPSA) is 49.4 Å². The van der Waals surface area contributed by atoms with Gasteiger partial charge in [-0.1, -0.05) is 6.92 Å². The van der Waals surface area contributed by atoms with Crippen molar-refractivity contribution in [2.24, 2.45) is 5.92 Å². The zero-order chi connectivity index (χ0) is 15.1. The quantitative estimate of drug-likeness (QED) is 0.845. The molecule has 1 N–H and O–H groups in total. The van der Waals surface area contributed by atoms with E-state index in [1.807, 2.05) is 0 Å². The predicted molar refractivity (Wildman–Crippen MR) is 69.2 cm³/mol. The Labute approximate surface area is 121 Å². The second kappa shape index (κ2) is 5.08. The number of benzene rings is 1. The molecule has 1 unspecified atom stereocenters. The van der Waals surface area contributed by atoms with Gasteiger partial charge in [-0.15, -0.1) is 0 Å². The molecule has 0 aliphatic carbocycles. The number of urea groups is 1. The molecule has 1 heterocycles. The average Bonchev–Trinajstić information content (AvgIpc) is 2.33. The number of nitrogens with zero attached hydrogens (tertiary/aromatic N) is 1. The molecule has 108 valence electrons. The van der Waals surface area contributed by atoms with Gasteiger partial charge in [-0.25, -0.2) is 4.79 Å². The Kier molecular flexibility index (Phi) is 3.77. The second-order valence-electron chi connectivity index (χ2n) is 4.47. The van der Waals surface area contributed by atoms with E-state index in [1.54, 1.807) is 6.92 Å². The van der Waals surface area contributed by atoms with Gasteiger partial charge < -0.3 is 0 Å². The molecule has 1 aliphatic rings. The number of halogens is 4. The summed E-state index contributed by atoms with van der Waals surface area (Å²) in [5, 5.41) is 2.11. The number of amides is 3. The Bertz CT molecular complexity index is 574. The molecule has 0 radical (unpaired) electrons. The van der Waals surface area contributed by atoms with Crippen LogP contribution < -0.4 is 10.2 Å². The first-order valence-corrected chi connectivity index (χ1v) is 6.48. The molecule has 1 saturated heterocycles. The van der Waals surface area contributed by atoms with Crippen LogP contribution in [0.3, 0.4) is 0 Å². The zero-order valence-electron chi connectivity index (χ0n) is 10.3. The fourth-order valence-electron chi connectivity index (χ4n) is 1.84. The lowest BCUT2D eigenvalue weighted by molar-refractivity contribution is -0.137. The molecule has 0 aromatic heterocycles. The minimum Gasteiger partial charge on any atom is -0.292 e. The molecule has 4 nitrogen and oxygen atoms in total. The first-order chi connectivity index (χ1) is 9.20. The van der Waals surface area contributed by atoms with Crippen molar-refractivity contribution < 1.29 is 22.8 Å². The highest BCUT2D eigenvalue weighted by molar-refractivity contribution is 9.10. The summed E-state index contributed by atoms with van der Waals surface area (Å²) >= 11 is 3.12. The number of imide groups is 1. The predicted octanol–water partition coefficient (Wildman–Crippen LogP) is 3.16. The maximum Gasteiger partial charge on any atom is 0.416 e. The van der Waals surface area contributed by atoms with Crippen LogP contribution in [0.25, 0.3) is 0 Å². The molecule has 0 saturated carbocycles. The summed E-state index contributed by atoms with van der Waals surface area (Å²) in [5.41, 5.74) is -0.773. The molecule has 2 rings (SSSR count). The van der Waals surface area contributed by atoms with Crippen LogP contribution in [-0.4, -0.2) is 18.5 Å². The van der Waals surface area contributed by atoms with Crippen LogP contribution in [0.1, 0.15) is 12.5 Å². The van der Waals surface area contributed by atoms with Gasteiger partial charge in [-0.05, 0) is 34.1 Å². The van der Waals surface area contributed by atoms with Gasteiger partial charge in [-0.3, -0.25) is 15.0 Å². The fourth-order valence-corrected chi connectivity index (χ4v) is 2.30. The third-order valence-electron chi connectivity index (χ3n) is 2.94. The first kappa shape index (κ1) is 14.8. The standard InChI is InChI=1S/C12H10BrF3N2O2/c1-6-5-18(11(20)17-10(6)19)9-4-7(12(14,15)16)2-3-8(9)13/h2-4,6H,5H2,1H3,(H,17,19,20). The van der Waals surface area contributed by atoms with Gasteiger partial charge in [0.15, 0.2) is 0 Å². The van der Waals surface area contributed by atoms with Crippen molar-refractivity contribution in [1.29, 1.82) is 0 Å². The molecular weight excluding hydrogens is 341 g/mol. The van der Waals surface area contributed by atoms with Crippen molar-refractivity contribution in [3.8, 4) is 0 Å². The number of carbonyl (C=O) groups excluding carboxylic acids is 2. The van der Waals surface area contributed by atoms with Crippen molar-refractivity contribution in [3.05, 3.63) is 28.2 Å². The van der Waals surface area contributed by atoms with Crippen LogP contribution in [0.2, 0.25) is 0 Å². The Morgan fingerprint density at radius 2 is 2.00 bits per heavy atom. The summed E-state index contributed by atoms with van der Waals surface area (Å²) in [6.45, 7) is 1.63. The van der Waals surface area contributed by atoms with Crippen molar-refractivity contribution in [2.45, 2.75) is 13.1 Å². The highest BCUT2D eigenvalue weighted by atomic mass is 79.9. The molecule has 3 amide bonds. The summed E-state index contributed by atoms with van der Waals surface area (Å²) in [6.07, 6.45) is -4.50. The van der Waals surface area contributed by atoms with Crippen LogP contribution in [0.15, 0.2) is 22.7 Å². The maximum atomic E-state index is 12.7. The lowest BCUT2D eigenvalue weighted by Gasteiger charge is -2.31. The van der Waals surface area contributed by atoms with Crippen LogP contribution in [0, 0.1) is 5.92 Å². The highest BCUT2D eigenvalue weighted by Gasteiger charge is 2.34. The van der Waals surface area contributed by atoms with Gasteiger partial charge in [0.2, 0.25) is 5.91 Å². The number of alkyl halides is 3. The number of hydrogen-bond acceptors (Lipinski definition) is 2. The Morgan fingerprint density at radius 3 is 2.60 bits per heavy atom. The van der Waals surface area contributed by atoms with E-state index in [1.165, 1.54) is 6.07 Å². The molecular formula is C12H10BrF3N2O2. The van der Waals surface area contributed by atoms with Gasteiger partial charge in [-0.2, -0.15) is 13.2 Å². The van der Waals surface area contributed by atoms with Crippen molar-refractivity contribution in [1.82, 2.24) is 5.32 Å². The van der Waals surface area contributed by atoms with Gasteiger partial charge in [0.25, 0.3) is 0 Å². The monoisotopic (exact) mass is 350 g/mol. The number of hydrogen-bond donors (Lipinski definition) is 1. The van der Waals surface area contributed by atoms with E-state index in [-0.39, 0.29) is 12.2 Å². The number of nitrogens with one attached hydrogen (secondary N) is 1. The molecule has 1 aromatic rings. The Morgan fingerprint density at radius 1 is 1.35 bits per heavy atom. The summed E-state index contributed by atoms with van der Waals surface area (Å²) in [5.74, 6) is -0.927. The van der Waals surface area contributed by atoms with E-state index in [2.05, 4.69) is 21.2 Å². The lowest BCUT2D eigenvalue weighted by atomic mass is 10.1. The van der Waals surface area contributed by atoms with E-state index in [0.717, 1.165) is 17.0 Å². The van der Waals surface area contributed by atoms with E-state index in [9.17, 15) is 22.8 Å². The molecule has 0 bridgehead atoms. The van der Waals surface area contributed by atoms with Gasteiger partial charge in [0.05, 0.1) is 17.2 Å².